The summed E-state index contributed by atoms with van der Waals surface area (Å²) in [4.78, 5) is 38.9. The monoisotopic (exact) mass is 453 g/mol. The van der Waals surface area contributed by atoms with Crippen molar-refractivity contribution in [2.24, 2.45) is 0 Å². The quantitative estimate of drug-likeness (QED) is 0.611. The standard InChI is InChI=1S/C21H31N3O6S/c1-4-30-21(27)24-11-8-17(9-12-24)22-20(26)18(10-13-31(3,28)29)23-19(25)16-7-5-6-15(2)14-16/h5-7,14,17-18H,4,8-13H2,1-3H3,(H,22,26)(H,23,25)/t18-/m1/s1. The fraction of sp³-hybridized carbons (Fsp3) is 0.571. The number of rotatable bonds is 8. The van der Waals surface area contributed by atoms with Gasteiger partial charge in [0.2, 0.25) is 5.91 Å². The highest BCUT2D eigenvalue weighted by Gasteiger charge is 2.28. The Morgan fingerprint density at radius 1 is 1.23 bits per heavy atom. The smallest absolute Gasteiger partial charge is 0.409 e. The van der Waals surface area contributed by atoms with Crippen LogP contribution in [0.15, 0.2) is 24.3 Å². The Labute approximate surface area is 183 Å². The van der Waals surface area contributed by atoms with Crippen molar-refractivity contribution in [3.05, 3.63) is 35.4 Å². The zero-order valence-corrected chi connectivity index (χ0v) is 19.0. The van der Waals surface area contributed by atoms with Gasteiger partial charge in [-0.3, -0.25) is 9.59 Å². The summed E-state index contributed by atoms with van der Waals surface area (Å²) in [6.45, 7) is 4.80. The van der Waals surface area contributed by atoms with E-state index >= 15 is 0 Å². The fourth-order valence-electron chi connectivity index (χ4n) is 3.35. The van der Waals surface area contributed by atoms with Gasteiger partial charge < -0.3 is 20.3 Å². The summed E-state index contributed by atoms with van der Waals surface area (Å²) in [6, 6.07) is 5.78. The van der Waals surface area contributed by atoms with E-state index in [4.69, 9.17) is 4.74 Å². The zero-order valence-electron chi connectivity index (χ0n) is 18.2. The van der Waals surface area contributed by atoms with Crippen LogP contribution in [-0.2, 0) is 19.4 Å². The van der Waals surface area contributed by atoms with Gasteiger partial charge in [-0.2, -0.15) is 0 Å². The third kappa shape index (κ3) is 8.20. The first-order valence-electron chi connectivity index (χ1n) is 10.4. The maximum absolute atomic E-state index is 12.9. The third-order valence-corrected chi connectivity index (χ3v) is 6.02. The number of hydrogen-bond acceptors (Lipinski definition) is 6. The van der Waals surface area contributed by atoms with Gasteiger partial charge in [-0.05, 0) is 45.2 Å². The number of benzene rings is 1. The summed E-state index contributed by atoms with van der Waals surface area (Å²) in [5.41, 5.74) is 1.30. The molecule has 1 aliphatic rings. The summed E-state index contributed by atoms with van der Waals surface area (Å²) >= 11 is 0. The lowest BCUT2D eigenvalue weighted by Crippen LogP contribution is -2.53. The molecule has 1 aliphatic heterocycles. The molecule has 0 bridgehead atoms. The number of sulfone groups is 1. The molecule has 1 fully saturated rings. The van der Waals surface area contributed by atoms with E-state index in [9.17, 15) is 22.8 Å². The van der Waals surface area contributed by atoms with Gasteiger partial charge in [-0.25, -0.2) is 13.2 Å². The number of hydrogen-bond donors (Lipinski definition) is 2. The van der Waals surface area contributed by atoms with Crippen molar-refractivity contribution in [2.45, 2.75) is 45.2 Å². The van der Waals surface area contributed by atoms with E-state index in [1.54, 1.807) is 30.0 Å². The van der Waals surface area contributed by atoms with Crippen LogP contribution in [0, 0.1) is 6.92 Å². The maximum atomic E-state index is 12.9. The maximum Gasteiger partial charge on any atom is 0.409 e. The first-order chi connectivity index (χ1) is 14.6. The van der Waals surface area contributed by atoms with E-state index in [0.29, 0.717) is 38.1 Å². The number of likely N-dealkylation sites (tertiary alicyclic amines) is 1. The van der Waals surface area contributed by atoms with E-state index in [-0.39, 0.29) is 24.3 Å². The second-order valence-electron chi connectivity index (χ2n) is 7.78. The van der Waals surface area contributed by atoms with E-state index < -0.39 is 27.7 Å². The molecule has 1 saturated heterocycles. The lowest BCUT2D eigenvalue weighted by atomic mass is 10.0. The zero-order chi connectivity index (χ0) is 23.0. The van der Waals surface area contributed by atoms with E-state index in [1.165, 1.54) is 0 Å². The highest BCUT2D eigenvalue weighted by atomic mass is 32.2. The van der Waals surface area contributed by atoms with Crippen LogP contribution in [0.2, 0.25) is 0 Å². The van der Waals surface area contributed by atoms with E-state index in [2.05, 4.69) is 10.6 Å². The van der Waals surface area contributed by atoms with Crippen molar-refractivity contribution < 1.29 is 27.5 Å². The molecule has 31 heavy (non-hydrogen) atoms. The predicted molar refractivity (Wildman–Crippen MR) is 117 cm³/mol. The van der Waals surface area contributed by atoms with Crippen molar-refractivity contribution in [1.29, 1.82) is 0 Å². The third-order valence-electron chi connectivity index (χ3n) is 5.05. The highest BCUT2D eigenvalue weighted by Crippen LogP contribution is 2.12. The molecule has 1 aromatic rings. The summed E-state index contributed by atoms with van der Waals surface area (Å²) in [5.74, 6) is -1.09. The van der Waals surface area contributed by atoms with E-state index in [0.717, 1.165) is 11.8 Å². The summed E-state index contributed by atoms with van der Waals surface area (Å²) in [6.07, 6.45) is 1.80. The van der Waals surface area contributed by atoms with Crippen molar-refractivity contribution in [1.82, 2.24) is 15.5 Å². The Morgan fingerprint density at radius 2 is 1.90 bits per heavy atom. The number of carbonyl (C=O) groups is 3. The SMILES string of the molecule is CCOC(=O)N1CCC(NC(=O)[C@@H](CCS(C)(=O)=O)NC(=O)c2cccc(C)c2)CC1. The molecule has 1 heterocycles. The number of aryl methyl sites for hydroxylation is 1. The van der Waals surface area contributed by atoms with Crippen LogP contribution < -0.4 is 10.6 Å². The minimum absolute atomic E-state index is 0.0239. The van der Waals surface area contributed by atoms with Crippen LogP contribution in [0.25, 0.3) is 0 Å². The summed E-state index contributed by atoms with van der Waals surface area (Å²) < 4.78 is 28.2. The molecule has 0 aromatic heterocycles. The van der Waals surface area contributed by atoms with Crippen molar-refractivity contribution >= 4 is 27.7 Å². The number of carbonyl (C=O) groups excluding carboxylic acids is 3. The number of nitrogens with one attached hydrogen (secondary N) is 2. The Balaban J connectivity index is 2.00. The Kier molecular flexibility index (Phi) is 8.85. The molecule has 172 valence electrons. The lowest BCUT2D eigenvalue weighted by molar-refractivity contribution is -0.124. The molecule has 2 rings (SSSR count). The molecular weight excluding hydrogens is 422 g/mol. The number of nitrogens with zero attached hydrogens (tertiary/aromatic N) is 1. The van der Waals surface area contributed by atoms with Gasteiger partial charge in [0.15, 0.2) is 0 Å². The second kappa shape index (κ2) is 11.1. The van der Waals surface area contributed by atoms with Crippen molar-refractivity contribution in [3.8, 4) is 0 Å². The fourth-order valence-corrected chi connectivity index (χ4v) is 4.02. The average Bonchev–Trinajstić information content (AvgIpc) is 2.70. The minimum atomic E-state index is -3.30. The van der Waals surface area contributed by atoms with Crippen LogP contribution in [0.5, 0.6) is 0 Å². The van der Waals surface area contributed by atoms with E-state index in [1.807, 2.05) is 13.0 Å². The average molecular weight is 454 g/mol. The molecule has 0 radical (unpaired) electrons. The molecule has 0 spiro atoms. The molecule has 9 nitrogen and oxygen atoms in total. The molecule has 1 atom stereocenters. The van der Waals surface area contributed by atoms with Gasteiger partial charge in [-0.1, -0.05) is 17.7 Å². The van der Waals surface area contributed by atoms with Crippen molar-refractivity contribution in [3.63, 3.8) is 0 Å². The second-order valence-corrected chi connectivity index (χ2v) is 10.0. The largest absolute Gasteiger partial charge is 0.450 e. The van der Waals surface area contributed by atoms with Gasteiger partial charge in [0.25, 0.3) is 5.91 Å². The molecule has 0 aliphatic carbocycles. The Hall–Kier alpha value is -2.62. The molecule has 2 N–H and O–H groups in total. The molecule has 0 saturated carbocycles. The van der Waals surface area contributed by atoms with Crippen molar-refractivity contribution in [2.75, 3.05) is 31.7 Å². The molecule has 0 unspecified atom stereocenters. The number of ether oxygens (including phenoxy) is 1. The predicted octanol–water partition coefficient (Wildman–Crippen LogP) is 1.27. The van der Waals surface area contributed by atoms with Gasteiger partial charge >= 0.3 is 6.09 Å². The van der Waals surface area contributed by atoms with Crippen LogP contribution in [0.3, 0.4) is 0 Å². The van der Waals surface area contributed by atoms with Crippen LogP contribution in [0.1, 0.15) is 42.1 Å². The molecule has 3 amide bonds. The highest BCUT2D eigenvalue weighted by molar-refractivity contribution is 7.90. The molecule has 1 aromatic carbocycles. The van der Waals surface area contributed by atoms with Gasteiger partial charge in [-0.15, -0.1) is 0 Å². The van der Waals surface area contributed by atoms with Crippen LogP contribution >= 0.6 is 0 Å². The first kappa shape index (κ1) is 24.6. The van der Waals surface area contributed by atoms with Gasteiger partial charge in [0, 0.05) is 31.0 Å². The summed E-state index contributed by atoms with van der Waals surface area (Å²) in [7, 11) is -3.30. The van der Waals surface area contributed by atoms with Crippen LogP contribution in [0.4, 0.5) is 4.79 Å². The molecular formula is C21H31N3O6S. The van der Waals surface area contributed by atoms with Crippen LogP contribution in [-0.4, -0.2) is 75.0 Å². The lowest BCUT2D eigenvalue weighted by Gasteiger charge is -2.32. The Bertz CT molecular complexity index is 894. The number of piperidine rings is 1. The van der Waals surface area contributed by atoms with Gasteiger partial charge in [0.1, 0.15) is 15.9 Å². The topological polar surface area (TPSA) is 122 Å². The Morgan fingerprint density at radius 3 is 2.48 bits per heavy atom. The normalized spacial score (nSPS) is 15.8. The molecule has 10 heteroatoms. The van der Waals surface area contributed by atoms with Gasteiger partial charge in [0.05, 0.1) is 12.4 Å². The number of amides is 3. The summed E-state index contributed by atoms with van der Waals surface area (Å²) in [5, 5.41) is 5.55. The first-order valence-corrected chi connectivity index (χ1v) is 12.4. The minimum Gasteiger partial charge on any atom is -0.450 e.